The van der Waals surface area contributed by atoms with Gasteiger partial charge in [0.2, 0.25) is 0 Å². The van der Waals surface area contributed by atoms with Gasteiger partial charge in [0.25, 0.3) is 0 Å². The minimum atomic E-state index is -1.08. The maximum Gasteiger partial charge on any atom is 0.325 e. The van der Waals surface area contributed by atoms with Crippen molar-refractivity contribution in [1.29, 1.82) is 0 Å². The largest absolute Gasteiger partial charge is 0.480 e. The van der Waals surface area contributed by atoms with Crippen LogP contribution in [0.2, 0.25) is 0 Å². The van der Waals surface area contributed by atoms with Crippen molar-refractivity contribution in [3.8, 4) is 0 Å². The average Bonchev–Trinajstić information content (AvgIpc) is 2.05. The van der Waals surface area contributed by atoms with Crippen molar-refractivity contribution in [1.82, 2.24) is 9.97 Å². The molecule has 0 radical (unpaired) electrons. The summed E-state index contributed by atoms with van der Waals surface area (Å²) in [4.78, 5) is 17.6. The minimum absolute atomic E-state index is 0.403. The van der Waals surface area contributed by atoms with Crippen LogP contribution in [0.25, 0.3) is 0 Å². The van der Waals surface area contributed by atoms with Crippen LogP contribution in [-0.4, -0.2) is 21.0 Å². The number of hydrogen-bond donors (Lipinski definition) is 2. The highest BCUT2D eigenvalue weighted by atomic mass is 16.4. The molecule has 0 aliphatic heterocycles. The van der Waals surface area contributed by atoms with Gasteiger partial charge in [0.15, 0.2) is 0 Å². The lowest BCUT2D eigenvalue weighted by atomic mass is 10.2. The quantitative estimate of drug-likeness (QED) is 0.601. The van der Waals surface area contributed by atoms with Crippen LogP contribution < -0.4 is 5.73 Å². The number of carbonyl (C=O) groups is 1. The molecule has 0 saturated carbocycles. The number of carboxylic acid groups (broad SMARTS) is 1. The number of carboxylic acids is 1. The van der Waals surface area contributed by atoms with Gasteiger partial charge in [-0.25, -0.2) is 9.97 Å². The number of rotatable bonds is 2. The second-order valence-electron chi connectivity index (χ2n) is 1.99. The highest BCUT2D eigenvalue weighted by molar-refractivity contribution is 5.74. The van der Waals surface area contributed by atoms with Crippen molar-refractivity contribution >= 4 is 5.97 Å². The molecular formula is C6H7N3O2. The first kappa shape index (κ1) is 7.62. The van der Waals surface area contributed by atoms with Crippen molar-refractivity contribution in [2.75, 3.05) is 0 Å². The van der Waals surface area contributed by atoms with Crippen LogP contribution in [0.1, 0.15) is 11.6 Å². The SMILES string of the molecule is NC(C(=O)O)c1cncnc1. The van der Waals surface area contributed by atoms with E-state index in [0.29, 0.717) is 5.56 Å². The lowest BCUT2D eigenvalue weighted by Crippen LogP contribution is -2.20. The van der Waals surface area contributed by atoms with Gasteiger partial charge in [-0.2, -0.15) is 0 Å². The van der Waals surface area contributed by atoms with Crippen molar-refractivity contribution in [2.45, 2.75) is 6.04 Å². The lowest BCUT2D eigenvalue weighted by Gasteiger charge is -2.03. The van der Waals surface area contributed by atoms with Crippen LogP contribution >= 0.6 is 0 Å². The summed E-state index contributed by atoms with van der Waals surface area (Å²) in [5, 5.41) is 8.45. The van der Waals surface area contributed by atoms with Gasteiger partial charge >= 0.3 is 5.97 Å². The molecule has 5 heteroatoms. The maximum atomic E-state index is 10.3. The Morgan fingerprint density at radius 2 is 2.09 bits per heavy atom. The molecule has 1 rings (SSSR count). The summed E-state index contributed by atoms with van der Waals surface area (Å²) in [6.45, 7) is 0. The molecule has 11 heavy (non-hydrogen) atoms. The zero-order chi connectivity index (χ0) is 8.27. The van der Waals surface area contributed by atoms with Gasteiger partial charge in [0, 0.05) is 18.0 Å². The normalized spacial score (nSPS) is 12.5. The van der Waals surface area contributed by atoms with Gasteiger partial charge in [0.05, 0.1) is 0 Å². The Morgan fingerprint density at radius 3 is 2.55 bits per heavy atom. The molecule has 0 fully saturated rings. The Morgan fingerprint density at radius 1 is 1.55 bits per heavy atom. The summed E-state index contributed by atoms with van der Waals surface area (Å²) < 4.78 is 0. The van der Waals surface area contributed by atoms with E-state index in [9.17, 15) is 4.79 Å². The van der Waals surface area contributed by atoms with Crippen molar-refractivity contribution in [3.05, 3.63) is 24.3 Å². The Kier molecular flexibility index (Phi) is 2.12. The van der Waals surface area contributed by atoms with Crippen LogP contribution in [-0.2, 0) is 4.79 Å². The number of nitrogens with zero attached hydrogens (tertiary/aromatic N) is 2. The summed E-state index contributed by atoms with van der Waals surface area (Å²) >= 11 is 0. The van der Waals surface area contributed by atoms with E-state index < -0.39 is 12.0 Å². The zero-order valence-electron chi connectivity index (χ0n) is 5.64. The van der Waals surface area contributed by atoms with E-state index >= 15 is 0 Å². The molecule has 3 N–H and O–H groups in total. The summed E-state index contributed by atoms with van der Waals surface area (Å²) in [7, 11) is 0. The van der Waals surface area contributed by atoms with Gasteiger partial charge in [0.1, 0.15) is 12.4 Å². The lowest BCUT2D eigenvalue weighted by molar-refractivity contribution is -0.138. The molecule has 5 nitrogen and oxygen atoms in total. The molecule has 1 heterocycles. The van der Waals surface area contributed by atoms with Gasteiger partial charge < -0.3 is 10.8 Å². The molecule has 0 spiro atoms. The van der Waals surface area contributed by atoms with Crippen molar-refractivity contribution in [2.24, 2.45) is 5.73 Å². The topological polar surface area (TPSA) is 89.1 Å². The van der Waals surface area contributed by atoms with E-state index in [1.165, 1.54) is 18.7 Å². The fourth-order valence-corrected chi connectivity index (χ4v) is 0.614. The maximum absolute atomic E-state index is 10.3. The molecule has 1 aromatic rings. The molecule has 1 atom stereocenters. The van der Waals surface area contributed by atoms with Crippen LogP contribution in [0.3, 0.4) is 0 Å². The fourth-order valence-electron chi connectivity index (χ4n) is 0.614. The molecule has 0 aliphatic carbocycles. The predicted octanol–water partition coefficient (Wildman–Crippen LogP) is -0.439. The molecular weight excluding hydrogens is 146 g/mol. The standard InChI is InChI=1S/C6H7N3O2/c7-5(6(10)11)4-1-8-3-9-2-4/h1-3,5H,7H2,(H,10,11). The molecule has 0 aliphatic rings. The van der Waals surface area contributed by atoms with E-state index in [-0.39, 0.29) is 0 Å². The second kappa shape index (κ2) is 3.07. The Bertz CT molecular complexity index is 249. The zero-order valence-corrected chi connectivity index (χ0v) is 5.64. The molecule has 0 bridgehead atoms. The highest BCUT2D eigenvalue weighted by Gasteiger charge is 2.13. The van der Waals surface area contributed by atoms with Crippen LogP contribution in [0.5, 0.6) is 0 Å². The van der Waals surface area contributed by atoms with Gasteiger partial charge in [-0.15, -0.1) is 0 Å². The smallest absolute Gasteiger partial charge is 0.325 e. The van der Waals surface area contributed by atoms with Crippen LogP contribution in [0.15, 0.2) is 18.7 Å². The van der Waals surface area contributed by atoms with E-state index in [1.54, 1.807) is 0 Å². The number of aromatic nitrogens is 2. The van der Waals surface area contributed by atoms with Crippen LogP contribution in [0, 0.1) is 0 Å². The molecule has 58 valence electrons. The predicted molar refractivity (Wildman–Crippen MR) is 36.6 cm³/mol. The minimum Gasteiger partial charge on any atom is -0.480 e. The van der Waals surface area contributed by atoms with E-state index in [4.69, 9.17) is 10.8 Å². The van der Waals surface area contributed by atoms with Gasteiger partial charge in [-0.1, -0.05) is 0 Å². The Balaban J connectivity index is 2.85. The first-order chi connectivity index (χ1) is 5.22. The first-order valence-corrected chi connectivity index (χ1v) is 2.95. The van der Waals surface area contributed by atoms with Crippen LogP contribution in [0.4, 0.5) is 0 Å². The molecule has 0 amide bonds. The Labute approximate surface area is 62.9 Å². The third-order valence-electron chi connectivity index (χ3n) is 1.21. The van der Waals surface area contributed by atoms with Crippen molar-refractivity contribution < 1.29 is 9.90 Å². The molecule has 1 aromatic heterocycles. The molecule has 0 saturated heterocycles. The van der Waals surface area contributed by atoms with E-state index in [1.807, 2.05) is 0 Å². The second-order valence-corrected chi connectivity index (χ2v) is 1.99. The van der Waals surface area contributed by atoms with E-state index in [2.05, 4.69) is 9.97 Å². The first-order valence-electron chi connectivity index (χ1n) is 2.95. The summed E-state index contributed by atoms with van der Waals surface area (Å²) in [5.41, 5.74) is 5.66. The summed E-state index contributed by atoms with van der Waals surface area (Å²) in [6, 6.07) is -1.03. The third kappa shape index (κ3) is 1.71. The third-order valence-corrected chi connectivity index (χ3v) is 1.21. The van der Waals surface area contributed by atoms with Gasteiger partial charge in [-0.3, -0.25) is 4.79 Å². The van der Waals surface area contributed by atoms with E-state index in [0.717, 1.165) is 0 Å². The monoisotopic (exact) mass is 153 g/mol. The Hall–Kier alpha value is -1.49. The number of hydrogen-bond acceptors (Lipinski definition) is 4. The summed E-state index contributed by atoms with van der Waals surface area (Å²) in [6.07, 6.45) is 4.08. The highest BCUT2D eigenvalue weighted by Crippen LogP contribution is 2.05. The molecule has 0 aromatic carbocycles. The average molecular weight is 153 g/mol. The number of nitrogens with two attached hydrogens (primary N) is 1. The van der Waals surface area contributed by atoms with Gasteiger partial charge in [-0.05, 0) is 0 Å². The molecule has 1 unspecified atom stereocenters. The van der Waals surface area contributed by atoms with Crippen molar-refractivity contribution in [3.63, 3.8) is 0 Å². The fraction of sp³-hybridized carbons (Fsp3) is 0.167. The number of aliphatic carboxylic acids is 1. The summed E-state index contributed by atoms with van der Waals surface area (Å²) in [5.74, 6) is -1.08.